The second-order valence-electron chi connectivity index (χ2n) is 8.62. The summed E-state index contributed by atoms with van der Waals surface area (Å²) >= 11 is 0. The lowest BCUT2D eigenvalue weighted by molar-refractivity contribution is -0.123. The number of ether oxygens (including phenoxy) is 1. The van der Waals surface area contributed by atoms with E-state index < -0.39 is 0 Å². The van der Waals surface area contributed by atoms with E-state index in [1.54, 1.807) is 0 Å². The van der Waals surface area contributed by atoms with E-state index in [0.29, 0.717) is 12.6 Å². The first-order valence-electron chi connectivity index (χ1n) is 10.6. The Morgan fingerprint density at radius 1 is 1.11 bits per heavy atom. The Hall–Kier alpha value is -1.59. The number of hydrogen-bond donors (Lipinski definition) is 1. The zero-order chi connectivity index (χ0) is 18.6. The Kier molecular flexibility index (Phi) is 5.98. The van der Waals surface area contributed by atoms with Crippen LogP contribution in [0.3, 0.4) is 0 Å². The summed E-state index contributed by atoms with van der Waals surface area (Å²) in [5, 5.41) is 3.26. The molecular formula is C22H33N3O2. The predicted molar refractivity (Wildman–Crippen MR) is 107 cm³/mol. The minimum Gasteiger partial charge on any atom is -0.493 e. The maximum absolute atomic E-state index is 12.4. The third-order valence-electron chi connectivity index (χ3n) is 6.37. The number of amides is 1. The van der Waals surface area contributed by atoms with Crippen molar-refractivity contribution in [3.63, 3.8) is 0 Å². The molecule has 1 amide bonds. The number of nitrogens with one attached hydrogen (secondary N) is 1. The van der Waals surface area contributed by atoms with Crippen LogP contribution in [0.15, 0.2) is 18.2 Å². The van der Waals surface area contributed by atoms with Crippen LogP contribution in [0, 0.1) is 5.92 Å². The van der Waals surface area contributed by atoms with E-state index in [-0.39, 0.29) is 5.91 Å². The topological polar surface area (TPSA) is 44.8 Å². The molecule has 1 saturated carbocycles. The number of carbonyl (C=O) groups is 1. The normalized spacial score (nSPS) is 26.4. The first-order valence-corrected chi connectivity index (χ1v) is 10.6. The SMILES string of the molecule is CC1CCC(NC(=O)CN2CCN(Cc3ccc4c(c3)CCO4)CC2)CC1. The highest BCUT2D eigenvalue weighted by Gasteiger charge is 2.23. The van der Waals surface area contributed by atoms with E-state index in [4.69, 9.17) is 4.74 Å². The summed E-state index contributed by atoms with van der Waals surface area (Å²) in [5.41, 5.74) is 2.72. The summed E-state index contributed by atoms with van der Waals surface area (Å²) in [4.78, 5) is 17.2. The molecule has 0 spiro atoms. The van der Waals surface area contributed by atoms with E-state index in [9.17, 15) is 4.79 Å². The fourth-order valence-electron chi connectivity index (χ4n) is 4.58. The lowest BCUT2D eigenvalue weighted by Gasteiger charge is -2.35. The molecule has 2 heterocycles. The molecule has 0 radical (unpaired) electrons. The van der Waals surface area contributed by atoms with Crippen molar-refractivity contribution in [3.05, 3.63) is 29.3 Å². The molecule has 3 aliphatic rings. The molecule has 0 atom stereocenters. The number of benzene rings is 1. The van der Waals surface area contributed by atoms with Gasteiger partial charge in [0.15, 0.2) is 0 Å². The molecule has 2 fully saturated rings. The molecule has 27 heavy (non-hydrogen) atoms. The highest BCUT2D eigenvalue weighted by molar-refractivity contribution is 5.78. The highest BCUT2D eigenvalue weighted by Crippen LogP contribution is 2.26. The predicted octanol–water partition coefficient (Wildman–Crippen LogP) is 2.43. The zero-order valence-electron chi connectivity index (χ0n) is 16.6. The van der Waals surface area contributed by atoms with Crippen molar-refractivity contribution < 1.29 is 9.53 Å². The van der Waals surface area contributed by atoms with Crippen molar-refractivity contribution in [1.29, 1.82) is 0 Å². The molecule has 0 aromatic heterocycles. The van der Waals surface area contributed by atoms with Gasteiger partial charge in [-0.3, -0.25) is 14.6 Å². The number of piperazine rings is 1. The maximum Gasteiger partial charge on any atom is 0.234 e. The van der Waals surface area contributed by atoms with Crippen molar-refractivity contribution >= 4 is 5.91 Å². The van der Waals surface area contributed by atoms with Crippen LogP contribution in [-0.4, -0.2) is 61.1 Å². The number of rotatable bonds is 5. The van der Waals surface area contributed by atoms with Crippen LogP contribution in [0.2, 0.25) is 0 Å². The van der Waals surface area contributed by atoms with Crippen LogP contribution in [0.4, 0.5) is 0 Å². The van der Waals surface area contributed by atoms with E-state index in [1.807, 2.05) is 0 Å². The lowest BCUT2D eigenvalue weighted by Crippen LogP contribution is -2.50. The van der Waals surface area contributed by atoms with Gasteiger partial charge in [-0.2, -0.15) is 0 Å². The summed E-state index contributed by atoms with van der Waals surface area (Å²) in [7, 11) is 0. The minimum absolute atomic E-state index is 0.210. The van der Waals surface area contributed by atoms with Crippen LogP contribution in [-0.2, 0) is 17.8 Å². The van der Waals surface area contributed by atoms with Gasteiger partial charge in [-0.1, -0.05) is 19.1 Å². The fourth-order valence-corrected chi connectivity index (χ4v) is 4.58. The van der Waals surface area contributed by atoms with Crippen molar-refractivity contribution in [3.8, 4) is 5.75 Å². The second-order valence-corrected chi connectivity index (χ2v) is 8.62. The van der Waals surface area contributed by atoms with Gasteiger partial charge in [0, 0.05) is 45.2 Å². The number of nitrogens with zero attached hydrogens (tertiary/aromatic N) is 2. The van der Waals surface area contributed by atoms with E-state index in [2.05, 4.69) is 40.2 Å². The lowest BCUT2D eigenvalue weighted by atomic mass is 9.87. The zero-order valence-corrected chi connectivity index (χ0v) is 16.6. The first-order chi connectivity index (χ1) is 13.2. The van der Waals surface area contributed by atoms with Gasteiger partial charge in [0.1, 0.15) is 5.75 Å². The molecule has 2 aliphatic heterocycles. The molecule has 1 aromatic carbocycles. The van der Waals surface area contributed by atoms with Gasteiger partial charge >= 0.3 is 0 Å². The molecule has 1 N–H and O–H groups in total. The maximum atomic E-state index is 12.4. The average Bonchev–Trinajstić information content (AvgIpc) is 3.13. The van der Waals surface area contributed by atoms with Crippen molar-refractivity contribution in [2.24, 2.45) is 5.92 Å². The Bertz CT molecular complexity index is 647. The fraction of sp³-hybridized carbons (Fsp3) is 0.682. The largest absolute Gasteiger partial charge is 0.493 e. The van der Waals surface area contributed by atoms with Crippen molar-refractivity contribution in [1.82, 2.24) is 15.1 Å². The standard InChI is InChI=1S/C22H33N3O2/c1-17-2-5-20(6-3-17)23-22(26)16-25-11-9-24(10-12-25)15-18-4-7-21-19(14-18)8-13-27-21/h4,7,14,17,20H,2-3,5-6,8-13,15-16H2,1H3,(H,23,26). The molecule has 1 aliphatic carbocycles. The molecule has 0 bridgehead atoms. The number of hydrogen-bond acceptors (Lipinski definition) is 4. The van der Waals surface area contributed by atoms with E-state index in [1.165, 1.54) is 24.0 Å². The van der Waals surface area contributed by atoms with E-state index in [0.717, 1.165) is 70.3 Å². The van der Waals surface area contributed by atoms with Gasteiger partial charge in [-0.15, -0.1) is 0 Å². The van der Waals surface area contributed by atoms with Crippen LogP contribution in [0.1, 0.15) is 43.7 Å². The Labute approximate surface area is 163 Å². The molecular weight excluding hydrogens is 338 g/mol. The van der Waals surface area contributed by atoms with Crippen molar-refractivity contribution in [2.45, 2.75) is 51.6 Å². The van der Waals surface area contributed by atoms with Gasteiger partial charge in [0.25, 0.3) is 0 Å². The molecule has 5 nitrogen and oxygen atoms in total. The molecule has 1 saturated heterocycles. The molecule has 1 aromatic rings. The average molecular weight is 372 g/mol. The van der Waals surface area contributed by atoms with Crippen LogP contribution >= 0.6 is 0 Å². The van der Waals surface area contributed by atoms with Crippen LogP contribution < -0.4 is 10.1 Å². The van der Waals surface area contributed by atoms with Gasteiger partial charge in [0.2, 0.25) is 5.91 Å². The van der Waals surface area contributed by atoms with Crippen LogP contribution in [0.5, 0.6) is 5.75 Å². The number of carbonyl (C=O) groups excluding carboxylic acids is 1. The quantitative estimate of drug-likeness (QED) is 0.863. The third-order valence-corrected chi connectivity index (χ3v) is 6.37. The summed E-state index contributed by atoms with van der Waals surface area (Å²) in [6.45, 7) is 8.69. The number of fused-ring (bicyclic) bond motifs is 1. The van der Waals surface area contributed by atoms with Gasteiger partial charge in [0.05, 0.1) is 13.2 Å². The summed E-state index contributed by atoms with van der Waals surface area (Å²) < 4.78 is 5.60. The van der Waals surface area contributed by atoms with E-state index >= 15 is 0 Å². The van der Waals surface area contributed by atoms with Gasteiger partial charge in [-0.25, -0.2) is 0 Å². The van der Waals surface area contributed by atoms with Gasteiger partial charge < -0.3 is 10.1 Å². The molecule has 0 unspecified atom stereocenters. The third kappa shape index (κ3) is 5.02. The molecule has 4 rings (SSSR count). The Balaban J connectivity index is 1.18. The second kappa shape index (κ2) is 8.61. The Morgan fingerprint density at radius 2 is 1.85 bits per heavy atom. The first kappa shape index (κ1) is 18.8. The summed E-state index contributed by atoms with van der Waals surface area (Å²) in [5.74, 6) is 2.09. The van der Waals surface area contributed by atoms with Gasteiger partial charge in [-0.05, 0) is 48.8 Å². The smallest absolute Gasteiger partial charge is 0.234 e. The summed E-state index contributed by atoms with van der Waals surface area (Å²) in [6, 6.07) is 7.01. The monoisotopic (exact) mass is 371 g/mol. The highest BCUT2D eigenvalue weighted by atomic mass is 16.5. The Morgan fingerprint density at radius 3 is 2.63 bits per heavy atom. The molecule has 5 heteroatoms. The molecule has 148 valence electrons. The van der Waals surface area contributed by atoms with Crippen molar-refractivity contribution in [2.75, 3.05) is 39.3 Å². The minimum atomic E-state index is 0.210. The van der Waals surface area contributed by atoms with Crippen LogP contribution in [0.25, 0.3) is 0 Å². The summed E-state index contributed by atoms with van der Waals surface area (Å²) in [6.07, 6.45) is 5.82.